The van der Waals surface area contributed by atoms with Gasteiger partial charge in [0.1, 0.15) is 0 Å². The van der Waals surface area contributed by atoms with Crippen molar-refractivity contribution in [2.75, 3.05) is 19.6 Å². The molecule has 1 rings (SSSR count). The summed E-state index contributed by atoms with van der Waals surface area (Å²) in [6, 6.07) is 10.2. The van der Waals surface area contributed by atoms with Crippen molar-refractivity contribution in [2.24, 2.45) is 5.73 Å². The molecule has 2 N–H and O–H groups in total. The quantitative estimate of drug-likeness (QED) is 0.850. The SMILES string of the molecule is CC(=O)N(CCN)CCc1ccccc1.Cl. The first-order chi connectivity index (χ1) is 7.24. The van der Waals surface area contributed by atoms with Gasteiger partial charge in [-0.2, -0.15) is 0 Å². The van der Waals surface area contributed by atoms with Crippen LogP contribution in [0.15, 0.2) is 30.3 Å². The summed E-state index contributed by atoms with van der Waals surface area (Å²) in [5.41, 5.74) is 6.69. The largest absolute Gasteiger partial charge is 0.341 e. The van der Waals surface area contributed by atoms with Crippen molar-refractivity contribution in [3.8, 4) is 0 Å². The molecule has 0 unspecified atom stereocenters. The van der Waals surface area contributed by atoms with Gasteiger partial charge in [0.25, 0.3) is 0 Å². The third-order valence-electron chi connectivity index (χ3n) is 2.36. The second-order valence-electron chi connectivity index (χ2n) is 3.53. The zero-order chi connectivity index (χ0) is 11.1. The molecule has 1 amide bonds. The van der Waals surface area contributed by atoms with Gasteiger partial charge in [0.2, 0.25) is 5.91 Å². The molecule has 4 heteroatoms. The molecule has 16 heavy (non-hydrogen) atoms. The van der Waals surface area contributed by atoms with Gasteiger partial charge >= 0.3 is 0 Å². The number of benzene rings is 1. The number of hydrogen-bond donors (Lipinski definition) is 1. The average molecular weight is 243 g/mol. The Morgan fingerprint density at radius 2 is 1.88 bits per heavy atom. The van der Waals surface area contributed by atoms with Crippen LogP contribution in [0.4, 0.5) is 0 Å². The number of carbonyl (C=O) groups excluding carboxylic acids is 1. The Morgan fingerprint density at radius 3 is 2.38 bits per heavy atom. The molecule has 1 aromatic rings. The van der Waals surface area contributed by atoms with Crippen LogP contribution in [-0.2, 0) is 11.2 Å². The van der Waals surface area contributed by atoms with E-state index in [1.54, 1.807) is 11.8 Å². The van der Waals surface area contributed by atoms with Crippen LogP contribution in [-0.4, -0.2) is 30.4 Å². The highest BCUT2D eigenvalue weighted by molar-refractivity contribution is 5.85. The Kier molecular flexibility index (Phi) is 7.60. The van der Waals surface area contributed by atoms with Crippen LogP contribution in [0, 0.1) is 0 Å². The molecular formula is C12H19ClN2O. The molecule has 0 bridgehead atoms. The topological polar surface area (TPSA) is 46.3 Å². The molecule has 90 valence electrons. The van der Waals surface area contributed by atoms with Crippen LogP contribution in [0.2, 0.25) is 0 Å². The molecular weight excluding hydrogens is 224 g/mol. The molecule has 0 fully saturated rings. The van der Waals surface area contributed by atoms with Gasteiger partial charge in [-0.25, -0.2) is 0 Å². The first-order valence-corrected chi connectivity index (χ1v) is 5.23. The van der Waals surface area contributed by atoms with E-state index in [0.29, 0.717) is 13.1 Å². The zero-order valence-corrected chi connectivity index (χ0v) is 10.4. The van der Waals surface area contributed by atoms with E-state index in [2.05, 4.69) is 12.1 Å². The number of amides is 1. The van der Waals surface area contributed by atoms with Gasteiger partial charge in [0.15, 0.2) is 0 Å². The smallest absolute Gasteiger partial charge is 0.219 e. The van der Waals surface area contributed by atoms with Gasteiger partial charge in [-0.05, 0) is 12.0 Å². The molecule has 0 saturated carbocycles. The van der Waals surface area contributed by atoms with Crippen molar-refractivity contribution in [1.29, 1.82) is 0 Å². The van der Waals surface area contributed by atoms with Crippen molar-refractivity contribution < 1.29 is 4.79 Å². The summed E-state index contributed by atoms with van der Waals surface area (Å²) in [4.78, 5) is 13.0. The summed E-state index contributed by atoms with van der Waals surface area (Å²) >= 11 is 0. The first kappa shape index (κ1) is 14.9. The normalized spacial score (nSPS) is 9.38. The monoisotopic (exact) mass is 242 g/mol. The Morgan fingerprint density at radius 1 is 1.25 bits per heavy atom. The summed E-state index contributed by atoms with van der Waals surface area (Å²) < 4.78 is 0. The van der Waals surface area contributed by atoms with Crippen molar-refractivity contribution in [2.45, 2.75) is 13.3 Å². The highest BCUT2D eigenvalue weighted by atomic mass is 35.5. The Labute approximate surface area is 103 Å². The van der Waals surface area contributed by atoms with E-state index in [1.807, 2.05) is 18.2 Å². The second kappa shape index (κ2) is 8.13. The number of halogens is 1. The van der Waals surface area contributed by atoms with E-state index < -0.39 is 0 Å². The maximum atomic E-state index is 11.2. The van der Waals surface area contributed by atoms with Gasteiger partial charge in [-0.3, -0.25) is 4.79 Å². The molecule has 0 saturated heterocycles. The highest BCUT2D eigenvalue weighted by Crippen LogP contribution is 2.01. The molecule has 0 spiro atoms. The third-order valence-corrected chi connectivity index (χ3v) is 2.36. The molecule has 0 aliphatic heterocycles. The summed E-state index contributed by atoms with van der Waals surface area (Å²) in [6.45, 7) is 3.49. The fourth-order valence-corrected chi connectivity index (χ4v) is 1.49. The van der Waals surface area contributed by atoms with Crippen LogP contribution in [0.1, 0.15) is 12.5 Å². The fourth-order valence-electron chi connectivity index (χ4n) is 1.49. The maximum Gasteiger partial charge on any atom is 0.219 e. The van der Waals surface area contributed by atoms with Crippen LogP contribution < -0.4 is 5.73 Å². The standard InChI is InChI=1S/C12H18N2O.ClH/c1-11(15)14(10-8-13)9-7-12-5-3-2-4-6-12;/h2-6H,7-10,13H2,1H3;1H. The Bertz CT molecular complexity index is 303. The molecule has 1 aromatic carbocycles. The lowest BCUT2D eigenvalue weighted by atomic mass is 10.1. The minimum absolute atomic E-state index is 0. The van der Waals surface area contributed by atoms with Gasteiger partial charge in [-0.1, -0.05) is 30.3 Å². The van der Waals surface area contributed by atoms with Crippen molar-refractivity contribution in [3.63, 3.8) is 0 Å². The van der Waals surface area contributed by atoms with E-state index in [9.17, 15) is 4.79 Å². The van der Waals surface area contributed by atoms with Gasteiger partial charge in [0.05, 0.1) is 0 Å². The average Bonchev–Trinajstić information content (AvgIpc) is 2.25. The number of nitrogens with zero attached hydrogens (tertiary/aromatic N) is 1. The van der Waals surface area contributed by atoms with Gasteiger partial charge in [0, 0.05) is 26.6 Å². The Hall–Kier alpha value is -1.06. The minimum atomic E-state index is 0. The number of nitrogens with two attached hydrogens (primary N) is 1. The van der Waals surface area contributed by atoms with Crippen LogP contribution in [0.25, 0.3) is 0 Å². The molecule has 0 radical (unpaired) electrons. The molecule has 0 aromatic heterocycles. The molecule has 0 heterocycles. The molecule has 3 nitrogen and oxygen atoms in total. The zero-order valence-electron chi connectivity index (χ0n) is 9.56. The molecule has 0 aliphatic rings. The van der Waals surface area contributed by atoms with E-state index in [-0.39, 0.29) is 18.3 Å². The molecule has 0 atom stereocenters. The number of hydrogen-bond acceptors (Lipinski definition) is 2. The van der Waals surface area contributed by atoms with E-state index >= 15 is 0 Å². The van der Waals surface area contributed by atoms with Gasteiger partial charge < -0.3 is 10.6 Å². The predicted molar refractivity (Wildman–Crippen MR) is 68.7 cm³/mol. The summed E-state index contributed by atoms with van der Waals surface area (Å²) in [5.74, 6) is 0.0939. The highest BCUT2D eigenvalue weighted by Gasteiger charge is 2.06. The van der Waals surface area contributed by atoms with E-state index in [0.717, 1.165) is 13.0 Å². The summed E-state index contributed by atoms with van der Waals surface area (Å²) in [7, 11) is 0. The van der Waals surface area contributed by atoms with Gasteiger partial charge in [-0.15, -0.1) is 12.4 Å². The van der Waals surface area contributed by atoms with Crippen molar-refractivity contribution in [3.05, 3.63) is 35.9 Å². The maximum absolute atomic E-state index is 11.2. The molecule has 0 aliphatic carbocycles. The lowest BCUT2D eigenvalue weighted by Crippen LogP contribution is -2.35. The van der Waals surface area contributed by atoms with Crippen molar-refractivity contribution in [1.82, 2.24) is 4.90 Å². The summed E-state index contributed by atoms with van der Waals surface area (Å²) in [6.07, 6.45) is 0.889. The van der Waals surface area contributed by atoms with Crippen LogP contribution in [0.3, 0.4) is 0 Å². The number of rotatable bonds is 5. The lowest BCUT2D eigenvalue weighted by molar-refractivity contribution is -0.128. The van der Waals surface area contributed by atoms with Crippen molar-refractivity contribution >= 4 is 18.3 Å². The van der Waals surface area contributed by atoms with Crippen LogP contribution in [0.5, 0.6) is 0 Å². The van der Waals surface area contributed by atoms with Crippen LogP contribution >= 0.6 is 12.4 Å². The summed E-state index contributed by atoms with van der Waals surface area (Å²) in [5, 5.41) is 0. The minimum Gasteiger partial charge on any atom is -0.341 e. The number of carbonyl (C=O) groups is 1. The van der Waals surface area contributed by atoms with E-state index in [1.165, 1.54) is 5.56 Å². The first-order valence-electron chi connectivity index (χ1n) is 5.23. The third kappa shape index (κ3) is 5.14. The lowest BCUT2D eigenvalue weighted by Gasteiger charge is -2.19. The second-order valence-corrected chi connectivity index (χ2v) is 3.53. The van der Waals surface area contributed by atoms with E-state index in [4.69, 9.17) is 5.73 Å². The Balaban J connectivity index is 0.00000225. The fraction of sp³-hybridized carbons (Fsp3) is 0.417. The predicted octanol–water partition coefficient (Wildman–Crippen LogP) is 1.46.